The van der Waals surface area contributed by atoms with Crippen LogP contribution >= 0.6 is 11.8 Å². The zero-order chi connectivity index (χ0) is 13.7. The van der Waals surface area contributed by atoms with Crippen LogP contribution in [0.5, 0.6) is 5.75 Å². The normalized spacial score (nSPS) is 23.0. The average molecular weight is 281 g/mol. The Morgan fingerprint density at radius 3 is 3.16 bits per heavy atom. The van der Waals surface area contributed by atoms with Crippen molar-refractivity contribution in [1.82, 2.24) is 5.32 Å². The van der Waals surface area contributed by atoms with Gasteiger partial charge in [-0.15, -0.1) is 11.8 Å². The molecule has 1 heterocycles. The molecule has 2 unspecified atom stereocenters. The maximum absolute atomic E-state index is 11.0. The topological polar surface area (TPSA) is 58.6 Å². The lowest BCUT2D eigenvalue weighted by Crippen LogP contribution is -2.41. The van der Waals surface area contributed by atoms with Crippen molar-refractivity contribution in [3.8, 4) is 5.75 Å². The van der Waals surface area contributed by atoms with E-state index in [1.165, 1.54) is 0 Å². The molecule has 2 N–H and O–H groups in total. The summed E-state index contributed by atoms with van der Waals surface area (Å²) in [7, 11) is 0. The van der Waals surface area contributed by atoms with Gasteiger partial charge in [0.15, 0.2) is 0 Å². The average Bonchev–Trinajstić information content (AvgIpc) is 2.45. The first-order valence-corrected chi connectivity index (χ1v) is 7.59. The molecule has 5 heteroatoms. The van der Waals surface area contributed by atoms with Crippen molar-refractivity contribution in [1.29, 1.82) is 0 Å². The van der Waals surface area contributed by atoms with Gasteiger partial charge in [0.2, 0.25) is 0 Å². The van der Waals surface area contributed by atoms with Gasteiger partial charge in [0.05, 0.1) is 12.0 Å². The highest BCUT2D eigenvalue weighted by Gasteiger charge is 2.27. The molecule has 0 amide bonds. The molecule has 1 fully saturated rings. The molecule has 1 aromatic rings. The van der Waals surface area contributed by atoms with Crippen LogP contribution in [-0.4, -0.2) is 29.5 Å². The van der Waals surface area contributed by atoms with E-state index in [2.05, 4.69) is 12.2 Å². The molecular formula is C14H19NO3S. The molecule has 0 spiro atoms. The molecule has 104 valence electrons. The number of benzene rings is 1. The molecule has 19 heavy (non-hydrogen) atoms. The molecule has 2 atom stereocenters. The van der Waals surface area contributed by atoms with Gasteiger partial charge in [-0.05, 0) is 36.3 Å². The number of nitrogens with one attached hydrogen (secondary N) is 1. The number of hydrogen-bond donors (Lipinski definition) is 2. The lowest BCUT2D eigenvalue weighted by Gasteiger charge is -2.28. The summed E-state index contributed by atoms with van der Waals surface area (Å²) >= 11 is 1.74. The van der Waals surface area contributed by atoms with Gasteiger partial charge in [-0.3, -0.25) is 10.1 Å². The number of carboxylic acids is 1. The summed E-state index contributed by atoms with van der Waals surface area (Å²) in [6, 6.07) is 7.43. The Hall–Kier alpha value is -1.20. The lowest BCUT2D eigenvalue weighted by atomic mass is 10.1. The van der Waals surface area contributed by atoms with E-state index in [0.29, 0.717) is 13.0 Å². The number of thioether (sulfide) groups is 1. The number of aliphatic carboxylic acids is 1. The van der Waals surface area contributed by atoms with Gasteiger partial charge in [-0.25, -0.2) is 0 Å². The Morgan fingerprint density at radius 1 is 1.58 bits per heavy atom. The molecule has 2 rings (SSSR count). The van der Waals surface area contributed by atoms with Gasteiger partial charge in [0.1, 0.15) is 11.8 Å². The summed E-state index contributed by atoms with van der Waals surface area (Å²) in [5, 5.41) is 12.3. The third-order valence-corrected chi connectivity index (χ3v) is 4.19. The second-order valence-corrected chi connectivity index (χ2v) is 5.73. The zero-order valence-corrected chi connectivity index (χ0v) is 11.8. The Balaban J connectivity index is 2.06. The van der Waals surface area contributed by atoms with Crippen molar-refractivity contribution in [2.75, 3.05) is 12.4 Å². The highest BCUT2D eigenvalue weighted by Crippen LogP contribution is 2.33. The Kier molecular flexibility index (Phi) is 5.10. The van der Waals surface area contributed by atoms with Crippen LogP contribution in [0.2, 0.25) is 0 Å². The van der Waals surface area contributed by atoms with E-state index < -0.39 is 12.0 Å². The Morgan fingerprint density at radius 2 is 2.42 bits per heavy atom. The summed E-state index contributed by atoms with van der Waals surface area (Å²) in [4.78, 5) is 11.0. The van der Waals surface area contributed by atoms with Crippen molar-refractivity contribution >= 4 is 17.7 Å². The molecule has 0 aliphatic carbocycles. The summed E-state index contributed by atoms with van der Waals surface area (Å²) in [5.41, 5.74) is 1.07. The van der Waals surface area contributed by atoms with Crippen LogP contribution in [-0.2, 0) is 4.79 Å². The quantitative estimate of drug-likeness (QED) is 0.869. The minimum atomic E-state index is -0.774. The smallest absolute Gasteiger partial charge is 0.320 e. The molecule has 1 saturated heterocycles. The number of carboxylic acid groups (broad SMARTS) is 1. The fourth-order valence-corrected chi connectivity index (χ4v) is 3.20. The molecule has 0 saturated carbocycles. The molecular weight excluding hydrogens is 262 g/mol. The van der Waals surface area contributed by atoms with Crippen molar-refractivity contribution in [3.63, 3.8) is 0 Å². The zero-order valence-electron chi connectivity index (χ0n) is 11.0. The van der Waals surface area contributed by atoms with E-state index >= 15 is 0 Å². The third-order valence-electron chi connectivity index (χ3n) is 2.98. The molecule has 0 bridgehead atoms. The van der Waals surface area contributed by atoms with E-state index in [1.807, 2.05) is 24.3 Å². The number of ether oxygens (including phenoxy) is 1. The van der Waals surface area contributed by atoms with E-state index in [-0.39, 0.29) is 5.37 Å². The SMILES string of the molecule is CCCOc1cccc(C2NC(C(=O)O)CCS2)c1. The van der Waals surface area contributed by atoms with Gasteiger partial charge in [-0.2, -0.15) is 0 Å². The maximum Gasteiger partial charge on any atom is 0.320 e. The van der Waals surface area contributed by atoms with Gasteiger partial charge >= 0.3 is 5.97 Å². The van der Waals surface area contributed by atoms with Crippen LogP contribution in [0.3, 0.4) is 0 Å². The number of hydrogen-bond acceptors (Lipinski definition) is 4. The summed E-state index contributed by atoms with van der Waals surface area (Å²) < 4.78 is 5.61. The summed E-state index contributed by atoms with van der Waals surface area (Å²) in [6.45, 7) is 2.77. The van der Waals surface area contributed by atoms with Crippen LogP contribution in [0.15, 0.2) is 24.3 Å². The minimum Gasteiger partial charge on any atom is -0.494 e. The van der Waals surface area contributed by atoms with Gasteiger partial charge in [0.25, 0.3) is 0 Å². The Bertz CT molecular complexity index is 438. The van der Waals surface area contributed by atoms with E-state index in [0.717, 1.165) is 23.5 Å². The molecule has 4 nitrogen and oxygen atoms in total. The van der Waals surface area contributed by atoms with Crippen molar-refractivity contribution in [2.24, 2.45) is 0 Å². The molecule has 0 radical (unpaired) electrons. The van der Waals surface area contributed by atoms with Gasteiger partial charge in [-0.1, -0.05) is 19.1 Å². The highest BCUT2D eigenvalue weighted by atomic mass is 32.2. The summed E-state index contributed by atoms with van der Waals surface area (Å²) in [6.07, 6.45) is 1.64. The van der Waals surface area contributed by atoms with Crippen LogP contribution < -0.4 is 10.1 Å². The maximum atomic E-state index is 11.0. The predicted molar refractivity (Wildman–Crippen MR) is 76.6 cm³/mol. The molecule has 1 aliphatic heterocycles. The fraction of sp³-hybridized carbons (Fsp3) is 0.500. The monoisotopic (exact) mass is 281 g/mol. The molecule has 1 aromatic carbocycles. The van der Waals surface area contributed by atoms with Gasteiger partial charge in [0, 0.05) is 0 Å². The van der Waals surface area contributed by atoms with E-state index in [1.54, 1.807) is 11.8 Å². The third kappa shape index (κ3) is 3.88. The van der Waals surface area contributed by atoms with Crippen LogP contribution in [0.1, 0.15) is 30.7 Å². The van der Waals surface area contributed by atoms with E-state index in [9.17, 15) is 4.79 Å². The van der Waals surface area contributed by atoms with Crippen LogP contribution in [0.4, 0.5) is 0 Å². The molecule has 0 aromatic heterocycles. The first kappa shape index (κ1) is 14.2. The predicted octanol–water partition coefficient (Wildman–Crippen LogP) is 2.65. The first-order valence-electron chi connectivity index (χ1n) is 6.54. The second-order valence-electron chi connectivity index (χ2n) is 4.52. The van der Waals surface area contributed by atoms with Gasteiger partial charge < -0.3 is 9.84 Å². The van der Waals surface area contributed by atoms with Crippen molar-refractivity contribution in [2.45, 2.75) is 31.2 Å². The number of carbonyl (C=O) groups is 1. The standard InChI is InChI=1S/C14H19NO3S/c1-2-7-18-11-5-3-4-10(9-11)13-15-12(14(16)17)6-8-19-13/h3-5,9,12-13,15H,2,6-8H2,1H3,(H,16,17). The number of rotatable bonds is 5. The lowest BCUT2D eigenvalue weighted by molar-refractivity contribution is -0.139. The summed E-state index contributed by atoms with van der Waals surface area (Å²) in [5.74, 6) is 0.928. The largest absolute Gasteiger partial charge is 0.494 e. The molecule has 1 aliphatic rings. The minimum absolute atomic E-state index is 0.0278. The highest BCUT2D eigenvalue weighted by molar-refractivity contribution is 7.99. The van der Waals surface area contributed by atoms with Crippen molar-refractivity contribution in [3.05, 3.63) is 29.8 Å². The van der Waals surface area contributed by atoms with Crippen LogP contribution in [0.25, 0.3) is 0 Å². The second kappa shape index (κ2) is 6.82. The fourth-order valence-electron chi connectivity index (χ4n) is 1.99. The first-order chi connectivity index (χ1) is 9.20. The van der Waals surface area contributed by atoms with E-state index in [4.69, 9.17) is 9.84 Å². The van der Waals surface area contributed by atoms with Crippen LogP contribution in [0, 0.1) is 0 Å². The Labute approximate surface area is 117 Å². The van der Waals surface area contributed by atoms with Crippen molar-refractivity contribution < 1.29 is 14.6 Å².